The molecule has 6 nitrogen and oxygen atoms in total. The van der Waals surface area contributed by atoms with Crippen molar-refractivity contribution in [1.82, 2.24) is 4.90 Å². The van der Waals surface area contributed by atoms with Crippen molar-refractivity contribution < 1.29 is 28.2 Å². The van der Waals surface area contributed by atoms with Crippen molar-refractivity contribution in [2.45, 2.75) is 25.9 Å². The number of likely N-dealkylation sites (tertiary alicyclic amines) is 1. The van der Waals surface area contributed by atoms with Crippen molar-refractivity contribution in [3.63, 3.8) is 0 Å². The Labute approximate surface area is 184 Å². The van der Waals surface area contributed by atoms with Gasteiger partial charge in [0.15, 0.2) is 0 Å². The molecule has 2 aromatic carbocycles. The van der Waals surface area contributed by atoms with Crippen molar-refractivity contribution in [2.75, 3.05) is 6.61 Å². The van der Waals surface area contributed by atoms with Crippen LogP contribution in [0.5, 0.6) is 5.75 Å². The van der Waals surface area contributed by atoms with Crippen molar-refractivity contribution in [3.05, 3.63) is 95.2 Å². The van der Waals surface area contributed by atoms with E-state index in [9.17, 15) is 19.1 Å². The molecule has 1 aliphatic rings. The summed E-state index contributed by atoms with van der Waals surface area (Å²) in [5.74, 6) is -1.75. The van der Waals surface area contributed by atoms with E-state index in [0.29, 0.717) is 23.7 Å². The number of furan rings is 1. The summed E-state index contributed by atoms with van der Waals surface area (Å²) in [6.07, 6.45) is 2.26. The summed E-state index contributed by atoms with van der Waals surface area (Å²) in [5.41, 5.74) is 0.230. The molecule has 1 aliphatic heterocycles. The van der Waals surface area contributed by atoms with E-state index in [0.717, 1.165) is 6.42 Å². The van der Waals surface area contributed by atoms with Crippen LogP contribution in [-0.2, 0) is 16.1 Å². The maximum Gasteiger partial charge on any atom is 0.296 e. The van der Waals surface area contributed by atoms with Gasteiger partial charge in [-0.3, -0.25) is 9.59 Å². The summed E-state index contributed by atoms with van der Waals surface area (Å²) >= 11 is 0. The lowest BCUT2D eigenvalue weighted by Gasteiger charge is -2.24. The van der Waals surface area contributed by atoms with Crippen molar-refractivity contribution in [2.24, 2.45) is 0 Å². The number of nitrogens with zero attached hydrogens (tertiary/aromatic N) is 1. The van der Waals surface area contributed by atoms with Gasteiger partial charge in [0.1, 0.15) is 23.1 Å². The van der Waals surface area contributed by atoms with Gasteiger partial charge in [-0.15, -0.1) is 0 Å². The minimum Gasteiger partial charge on any atom is -0.507 e. The van der Waals surface area contributed by atoms with Gasteiger partial charge in [-0.2, -0.15) is 0 Å². The van der Waals surface area contributed by atoms with E-state index >= 15 is 0 Å². The van der Waals surface area contributed by atoms with Gasteiger partial charge in [0.05, 0.1) is 31.0 Å². The smallest absolute Gasteiger partial charge is 0.296 e. The first-order chi connectivity index (χ1) is 15.5. The lowest BCUT2D eigenvalue weighted by atomic mass is 9.95. The molecule has 0 saturated carbocycles. The summed E-state index contributed by atoms with van der Waals surface area (Å²) in [5, 5.41) is 11.1. The Kier molecular flexibility index (Phi) is 6.07. The van der Waals surface area contributed by atoms with Gasteiger partial charge in [-0.25, -0.2) is 4.39 Å². The Morgan fingerprint density at radius 3 is 2.66 bits per heavy atom. The lowest BCUT2D eigenvalue weighted by molar-refractivity contribution is -0.140. The Bertz CT molecular complexity index is 1170. The van der Waals surface area contributed by atoms with Crippen LogP contribution in [0.2, 0.25) is 0 Å². The molecule has 0 spiro atoms. The molecule has 1 fully saturated rings. The summed E-state index contributed by atoms with van der Waals surface area (Å²) in [7, 11) is 0. The predicted molar refractivity (Wildman–Crippen MR) is 115 cm³/mol. The number of carbonyl (C=O) groups excluding carboxylic acids is 2. The maximum absolute atomic E-state index is 14.8. The summed E-state index contributed by atoms with van der Waals surface area (Å²) < 4.78 is 25.7. The molecule has 1 unspecified atom stereocenters. The number of halogens is 1. The van der Waals surface area contributed by atoms with Crippen LogP contribution in [-0.4, -0.2) is 28.3 Å². The quantitative estimate of drug-likeness (QED) is 0.327. The van der Waals surface area contributed by atoms with Crippen LogP contribution in [0.25, 0.3) is 5.76 Å². The van der Waals surface area contributed by atoms with Crippen LogP contribution >= 0.6 is 0 Å². The largest absolute Gasteiger partial charge is 0.507 e. The summed E-state index contributed by atoms with van der Waals surface area (Å²) in [6, 6.07) is 14.7. The highest BCUT2D eigenvalue weighted by Gasteiger charge is 2.47. The SMILES string of the molecule is CCCOc1cccc(/C(O)=C2/C(=O)C(=O)N(Cc3ccco3)C2c2ccccc2F)c1. The van der Waals surface area contributed by atoms with E-state index in [1.54, 1.807) is 42.5 Å². The number of ether oxygens (including phenoxy) is 1. The molecular formula is C25H22FNO5. The average molecular weight is 435 g/mol. The van der Waals surface area contributed by atoms with E-state index < -0.39 is 23.5 Å². The first kappa shape index (κ1) is 21.4. The number of ketones is 1. The highest BCUT2D eigenvalue weighted by molar-refractivity contribution is 6.46. The van der Waals surface area contributed by atoms with Gasteiger partial charge in [-0.1, -0.05) is 37.3 Å². The Hall–Kier alpha value is -3.87. The number of carbonyl (C=O) groups is 2. The van der Waals surface area contributed by atoms with E-state index in [-0.39, 0.29) is 23.4 Å². The Balaban J connectivity index is 1.84. The van der Waals surface area contributed by atoms with Gasteiger partial charge >= 0.3 is 0 Å². The van der Waals surface area contributed by atoms with Gasteiger partial charge in [0.2, 0.25) is 0 Å². The maximum atomic E-state index is 14.8. The molecule has 7 heteroatoms. The van der Waals surface area contributed by atoms with E-state index in [4.69, 9.17) is 9.15 Å². The van der Waals surface area contributed by atoms with Gasteiger partial charge in [0.25, 0.3) is 11.7 Å². The molecule has 3 aromatic rings. The molecule has 1 N–H and O–H groups in total. The molecule has 32 heavy (non-hydrogen) atoms. The zero-order chi connectivity index (χ0) is 22.7. The van der Waals surface area contributed by atoms with E-state index in [1.807, 2.05) is 6.92 Å². The fourth-order valence-electron chi connectivity index (χ4n) is 3.74. The van der Waals surface area contributed by atoms with Crippen LogP contribution in [0.3, 0.4) is 0 Å². The third kappa shape index (κ3) is 4.01. The zero-order valence-electron chi connectivity index (χ0n) is 17.5. The monoisotopic (exact) mass is 435 g/mol. The minimum atomic E-state index is -1.11. The number of hydrogen-bond acceptors (Lipinski definition) is 5. The summed E-state index contributed by atoms with van der Waals surface area (Å²) in [6.45, 7) is 2.42. The number of rotatable bonds is 7. The molecular weight excluding hydrogens is 413 g/mol. The van der Waals surface area contributed by atoms with Gasteiger partial charge in [-0.05, 0) is 36.8 Å². The highest BCUT2D eigenvalue weighted by atomic mass is 19.1. The van der Waals surface area contributed by atoms with Crippen molar-refractivity contribution >= 4 is 17.4 Å². The number of aliphatic hydroxyl groups is 1. The number of hydrogen-bond donors (Lipinski definition) is 1. The van der Waals surface area contributed by atoms with Crippen LogP contribution in [0.15, 0.2) is 76.9 Å². The first-order valence-electron chi connectivity index (χ1n) is 10.3. The molecule has 1 amide bonds. The molecule has 0 bridgehead atoms. The summed E-state index contributed by atoms with van der Waals surface area (Å²) in [4.78, 5) is 27.2. The number of Topliss-reactive ketones (excluding diaryl/α,β-unsaturated/α-hetero) is 1. The molecule has 4 rings (SSSR count). The average Bonchev–Trinajstić information content (AvgIpc) is 3.40. The van der Waals surface area contributed by atoms with Crippen LogP contribution in [0.4, 0.5) is 4.39 Å². The van der Waals surface area contributed by atoms with Crippen molar-refractivity contribution in [1.29, 1.82) is 0 Å². The molecule has 2 heterocycles. The number of benzene rings is 2. The molecule has 0 aliphatic carbocycles. The predicted octanol–water partition coefficient (Wildman–Crippen LogP) is 4.83. The van der Waals surface area contributed by atoms with E-state index in [1.165, 1.54) is 29.4 Å². The highest BCUT2D eigenvalue weighted by Crippen LogP contribution is 2.41. The third-order valence-electron chi connectivity index (χ3n) is 5.23. The van der Waals surface area contributed by atoms with Crippen molar-refractivity contribution in [3.8, 4) is 5.75 Å². The first-order valence-corrected chi connectivity index (χ1v) is 10.3. The molecule has 1 saturated heterocycles. The normalized spacial score (nSPS) is 17.7. The topological polar surface area (TPSA) is 80.0 Å². The van der Waals surface area contributed by atoms with E-state index in [2.05, 4.69) is 0 Å². The third-order valence-corrected chi connectivity index (χ3v) is 5.23. The number of aliphatic hydroxyl groups excluding tert-OH is 1. The Morgan fingerprint density at radius 2 is 1.94 bits per heavy atom. The standard InChI is InChI=1S/C25H22FNO5/c1-2-12-31-17-8-5-7-16(14-17)23(28)21-22(19-10-3-4-11-20(19)26)27(25(30)24(21)29)15-18-9-6-13-32-18/h3-11,13-14,22,28H,2,12,15H2,1H3/b23-21-. The molecule has 1 atom stereocenters. The van der Waals surface area contributed by atoms with Gasteiger partial charge in [0, 0.05) is 11.1 Å². The Morgan fingerprint density at radius 1 is 1.12 bits per heavy atom. The molecule has 0 radical (unpaired) electrons. The zero-order valence-corrected chi connectivity index (χ0v) is 17.5. The molecule has 1 aromatic heterocycles. The lowest BCUT2D eigenvalue weighted by Crippen LogP contribution is -2.29. The second-order valence-corrected chi connectivity index (χ2v) is 7.40. The van der Waals surface area contributed by atoms with Crippen LogP contribution < -0.4 is 4.74 Å². The fourth-order valence-corrected chi connectivity index (χ4v) is 3.74. The van der Waals surface area contributed by atoms with Crippen LogP contribution in [0.1, 0.15) is 36.3 Å². The van der Waals surface area contributed by atoms with Gasteiger partial charge < -0.3 is 19.2 Å². The second kappa shape index (κ2) is 9.09. The minimum absolute atomic E-state index is 0.0486. The van der Waals surface area contributed by atoms with Crippen LogP contribution in [0, 0.1) is 5.82 Å². The number of amides is 1. The second-order valence-electron chi connectivity index (χ2n) is 7.40. The fraction of sp³-hybridized carbons (Fsp3) is 0.200. The molecule has 164 valence electrons.